The van der Waals surface area contributed by atoms with Crippen molar-refractivity contribution in [3.05, 3.63) is 29.8 Å². The van der Waals surface area contributed by atoms with Crippen molar-refractivity contribution in [1.29, 1.82) is 0 Å². The molecule has 76 valence electrons. The van der Waals surface area contributed by atoms with Gasteiger partial charge in [-0.05, 0) is 12.1 Å². The summed E-state index contributed by atoms with van der Waals surface area (Å²) >= 11 is 0. The molecule has 0 radical (unpaired) electrons. The number of aromatic nitrogens is 1. The van der Waals surface area contributed by atoms with Crippen LogP contribution in [0.2, 0.25) is 0 Å². The molecule has 0 amide bonds. The molecule has 2 heterocycles. The maximum Gasteiger partial charge on any atom is 0.219 e. The van der Waals surface area contributed by atoms with Crippen molar-refractivity contribution in [3.63, 3.8) is 0 Å². The van der Waals surface area contributed by atoms with Crippen LogP contribution in [-0.4, -0.2) is 18.2 Å². The molecule has 0 N–H and O–H groups in total. The van der Waals surface area contributed by atoms with E-state index >= 15 is 0 Å². The fourth-order valence-electron chi connectivity index (χ4n) is 1.68. The van der Waals surface area contributed by atoms with E-state index in [-0.39, 0.29) is 18.4 Å². The molecule has 0 atom stereocenters. The second-order valence-electron chi connectivity index (χ2n) is 3.42. The van der Waals surface area contributed by atoms with E-state index in [0.717, 1.165) is 0 Å². The number of hydrogen-bond donors (Lipinski definition) is 0. The van der Waals surface area contributed by atoms with E-state index in [2.05, 4.69) is 4.98 Å². The third-order valence-electron chi connectivity index (χ3n) is 2.53. The predicted molar refractivity (Wildman–Crippen MR) is 47.0 cm³/mol. The monoisotopic (exact) mass is 199 g/mol. The molecule has 1 aromatic heterocycles. The summed E-state index contributed by atoms with van der Waals surface area (Å²) in [5.41, 5.74) is -1.54. The van der Waals surface area contributed by atoms with Crippen LogP contribution in [-0.2, 0) is 10.4 Å². The number of pyridine rings is 1. The number of rotatable bonds is 1. The van der Waals surface area contributed by atoms with Gasteiger partial charge in [0.1, 0.15) is 5.67 Å². The minimum absolute atomic E-state index is 0.0586. The zero-order chi connectivity index (χ0) is 10.0. The Morgan fingerprint density at radius 3 is 2.71 bits per heavy atom. The van der Waals surface area contributed by atoms with E-state index in [0.29, 0.717) is 13.2 Å². The van der Waals surface area contributed by atoms with Crippen molar-refractivity contribution in [2.24, 2.45) is 0 Å². The molecule has 14 heavy (non-hydrogen) atoms. The first kappa shape index (κ1) is 9.52. The van der Waals surface area contributed by atoms with Crippen molar-refractivity contribution in [2.45, 2.75) is 18.5 Å². The summed E-state index contributed by atoms with van der Waals surface area (Å²) in [4.78, 5) is 3.45. The van der Waals surface area contributed by atoms with Gasteiger partial charge in [0.05, 0.1) is 0 Å². The first-order valence-electron chi connectivity index (χ1n) is 4.60. The molecule has 0 unspecified atom stereocenters. The molecule has 2 nitrogen and oxygen atoms in total. The van der Waals surface area contributed by atoms with Crippen LogP contribution in [0, 0.1) is 5.95 Å². The van der Waals surface area contributed by atoms with Gasteiger partial charge in [-0.25, -0.2) is 9.37 Å². The highest BCUT2D eigenvalue weighted by atomic mass is 19.1. The summed E-state index contributed by atoms with van der Waals surface area (Å²) < 4.78 is 32.5. The maximum atomic E-state index is 14.2. The normalized spacial score (nSPS) is 20.7. The van der Waals surface area contributed by atoms with Gasteiger partial charge >= 0.3 is 0 Å². The summed E-state index contributed by atoms with van der Waals surface area (Å²) in [5, 5.41) is 0. The van der Waals surface area contributed by atoms with E-state index in [9.17, 15) is 8.78 Å². The first-order chi connectivity index (χ1) is 6.72. The molecule has 1 aliphatic heterocycles. The topological polar surface area (TPSA) is 22.1 Å². The maximum absolute atomic E-state index is 14.2. The molecule has 0 spiro atoms. The lowest BCUT2D eigenvalue weighted by Gasteiger charge is -2.29. The van der Waals surface area contributed by atoms with Gasteiger partial charge in [-0.3, -0.25) is 0 Å². The van der Waals surface area contributed by atoms with Gasteiger partial charge in [0, 0.05) is 37.8 Å². The van der Waals surface area contributed by atoms with Gasteiger partial charge in [-0.2, -0.15) is 4.39 Å². The summed E-state index contributed by atoms with van der Waals surface area (Å²) in [7, 11) is 0. The van der Waals surface area contributed by atoms with Crippen molar-refractivity contribution in [3.8, 4) is 0 Å². The molecule has 2 rings (SSSR count). The Hall–Kier alpha value is -1.03. The Bertz CT molecular complexity index is 324. The standard InChI is InChI=1S/C10H11F2NO/c11-9-8(2-1-5-13-9)10(12)3-6-14-7-4-10/h1-2,5H,3-4,6-7H2. The second kappa shape index (κ2) is 3.61. The Balaban J connectivity index is 2.32. The average Bonchev–Trinajstić information content (AvgIpc) is 2.19. The Morgan fingerprint density at radius 2 is 2.07 bits per heavy atom. The van der Waals surface area contributed by atoms with E-state index in [1.807, 2.05) is 0 Å². The lowest BCUT2D eigenvalue weighted by molar-refractivity contribution is -0.0136. The van der Waals surface area contributed by atoms with E-state index in [4.69, 9.17) is 4.74 Å². The number of ether oxygens (including phenoxy) is 1. The molecule has 0 aromatic carbocycles. The highest BCUT2D eigenvalue weighted by molar-refractivity contribution is 5.20. The molecule has 0 saturated carbocycles. The zero-order valence-electron chi connectivity index (χ0n) is 7.67. The Kier molecular flexibility index (Phi) is 2.46. The highest BCUT2D eigenvalue weighted by Crippen LogP contribution is 2.36. The summed E-state index contributed by atoms with van der Waals surface area (Å²) in [6.07, 6.45) is 1.73. The summed E-state index contributed by atoms with van der Waals surface area (Å²) in [6.45, 7) is 0.676. The van der Waals surface area contributed by atoms with Crippen molar-refractivity contribution in [2.75, 3.05) is 13.2 Å². The first-order valence-corrected chi connectivity index (χ1v) is 4.60. The van der Waals surface area contributed by atoms with Gasteiger partial charge in [-0.1, -0.05) is 0 Å². The molecule has 4 heteroatoms. The Morgan fingerprint density at radius 1 is 1.36 bits per heavy atom. The fraction of sp³-hybridized carbons (Fsp3) is 0.500. The van der Waals surface area contributed by atoms with E-state index in [1.54, 1.807) is 6.07 Å². The molecule has 0 bridgehead atoms. The van der Waals surface area contributed by atoms with Crippen LogP contribution in [0.4, 0.5) is 8.78 Å². The van der Waals surface area contributed by atoms with Crippen LogP contribution in [0.1, 0.15) is 18.4 Å². The van der Waals surface area contributed by atoms with Crippen LogP contribution in [0.25, 0.3) is 0 Å². The minimum Gasteiger partial charge on any atom is -0.381 e. The van der Waals surface area contributed by atoms with Gasteiger partial charge in [0.2, 0.25) is 5.95 Å². The smallest absolute Gasteiger partial charge is 0.219 e. The van der Waals surface area contributed by atoms with E-state index < -0.39 is 11.6 Å². The van der Waals surface area contributed by atoms with Gasteiger partial charge < -0.3 is 4.74 Å². The molecule has 1 fully saturated rings. The molecule has 1 aliphatic rings. The quantitative estimate of drug-likeness (QED) is 0.647. The van der Waals surface area contributed by atoms with Gasteiger partial charge in [-0.15, -0.1) is 0 Å². The van der Waals surface area contributed by atoms with Gasteiger partial charge in [0.25, 0.3) is 0 Å². The third-order valence-corrected chi connectivity index (χ3v) is 2.53. The van der Waals surface area contributed by atoms with Crippen LogP contribution < -0.4 is 0 Å². The van der Waals surface area contributed by atoms with Gasteiger partial charge in [0.15, 0.2) is 0 Å². The average molecular weight is 199 g/mol. The third kappa shape index (κ3) is 1.62. The summed E-state index contributed by atoms with van der Waals surface area (Å²) in [6, 6.07) is 3.00. The number of halogens is 2. The molecule has 1 saturated heterocycles. The second-order valence-corrected chi connectivity index (χ2v) is 3.42. The van der Waals surface area contributed by atoms with Crippen molar-refractivity contribution >= 4 is 0 Å². The lowest BCUT2D eigenvalue weighted by atomic mass is 9.89. The molecular weight excluding hydrogens is 188 g/mol. The Labute approximate surface area is 80.9 Å². The van der Waals surface area contributed by atoms with E-state index in [1.165, 1.54) is 12.3 Å². The van der Waals surface area contributed by atoms with Crippen molar-refractivity contribution in [1.82, 2.24) is 4.98 Å². The predicted octanol–water partition coefficient (Wildman–Crippen LogP) is 2.20. The zero-order valence-corrected chi connectivity index (χ0v) is 7.67. The minimum atomic E-state index is -1.60. The molecular formula is C10H11F2NO. The number of nitrogens with zero attached hydrogens (tertiary/aromatic N) is 1. The van der Waals surface area contributed by atoms with Crippen molar-refractivity contribution < 1.29 is 13.5 Å². The molecule has 1 aromatic rings. The van der Waals surface area contributed by atoms with Crippen LogP contribution >= 0.6 is 0 Å². The lowest BCUT2D eigenvalue weighted by Crippen LogP contribution is -2.30. The molecule has 0 aliphatic carbocycles. The van der Waals surface area contributed by atoms with Crippen LogP contribution in [0.5, 0.6) is 0 Å². The number of alkyl halides is 1. The largest absolute Gasteiger partial charge is 0.381 e. The highest BCUT2D eigenvalue weighted by Gasteiger charge is 2.36. The van der Waals surface area contributed by atoms with Crippen LogP contribution in [0.15, 0.2) is 18.3 Å². The SMILES string of the molecule is Fc1ncccc1C1(F)CCOCC1. The summed E-state index contributed by atoms with van der Waals surface area (Å²) in [5.74, 6) is -0.711. The number of hydrogen-bond acceptors (Lipinski definition) is 2. The van der Waals surface area contributed by atoms with Crippen LogP contribution in [0.3, 0.4) is 0 Å². The fourth-order valence-corrected chi connectivity index (χ4v) is 1.68.